The molecule has 1 amide bonds. The number of rotatable bonds is 4. The number of piperazine rings is 1. The number of carbonyl (C=O) groups excluding carboxylic acids is 1. The first kappa shape index (κ1) is 13.8. The second kappa shape index (κ2) is 6.54. The Morgan fingerprint density at radius 2 is 1.95 bits per heavy atom. The summed E-state index contributed by atoms with van der Waals surface area (Å²) < 4.78 is 0. The molecule has 2 rings (SSSR count). The third-order valence-electron chi connectivity index (χ3n) is 3.50. The van der Waals surface area contributed by atoms with Crippen molar-refractivity contribution in [2.45, 2.75) is 0 Å². The first-order valence-electron chi connectivity index (χ1n) is 6.65. The molecule has 0 spiro atoms. The highest BCUT2D eigenvalue weighted by atomic mass is 16.3. The minimum absolute atomic E-state index is 0.0774. The summed E-state index contributed by atoms with van der Waals surface area (Å²) in [6, 6.07) is 7.57. The van der Waals surface area contributed by atoms with E-state index in [0.29, 0.717) is 6.54 Å². The summed E-state index contributed by atoms with van der Waals surface area (Å²) in [5.41, 5.74) is 1.59. The van der Waals surface area contributed by atoms with Crippen molar-refractivity contribution in [2.24, 2.45) is 0 Å². The van der Waals surface area contributed by atoms with Crippen LogP contribution in [0.3, 0.4) is 0 Å². The summed E-state index contributed by atoms with van der Waals surface area (Å²) >= 11 is 0. The lowest BCUT2D eigenvalue weighted by molar-refractivity contribution is 0.0616. The van der Waals surface area contributed by atoms with E-state index in [2.05, 4.69) is 10.2 Å². The molecule has 0 unspecified atom stereocenters. The van der Waals surface area contributed by atoms with E-state index >= 15 is 0 Å². The van der Waals surface area contributed by atoms with Gasteiger partial charge in [0.15, 0.2) is 0 Å². The predicted octanol–water partition coefficient (Wildman–Crippen LogP) is 0.478. The van der Waals surface area contributed by atoms with Gasteiger partial charge in [-0.25, -0.2) is 0 Å². The maximum Gasteiger partial charge on any atom is 0.256 e. The van der Waals surface area contributed by atoms with Gasteiger partial charge in [-0.2, -0.15) is 0 Å². The van der Waals surface area contributed by atoms with Crippen molar-refractivity contribution in [1.29, 1.82) is 0 Å². The van der Waals surface area contributed by atoms with E-state index in [1.165, 1.54) is 0 Å². The van der Waals surface area contributed by atoms with Crippen LogP contribution in [0, 0.1) is 0 Å². The number of aliphatic hydroxyl groups excluding tert-OH is 1. The van der Waals surface area contributed by atoms with Crippen molar-refractivity contribution in [1.82, 2.24) is 9.80 Å². The Hall–Kier alpha value is -1.59. The number of hydrogen-bond donors (Lipinski definition) is 2. The van der Waals surface area contributed by atoms with Crippen molar-refractivity contribution in [3.8, 4) is 0 Å². The van der Waals surface area contributed by atoms with Crippen molar-refractivity contribution in [3.63, 3.8) is 0 Å². The Balaban J connectivity index is 2.01. The highest BCUT2D eigenvalue weighted by Gasteiger charge is 2.23. The first-order chi connectivity index (χ1) is 9.26. The number of nitrogens with one attached hydrogen (secondary N) is 1. The number of aliphatic hydroxyl groups is 1. The van der Waals surface area contributed by atoms with Crippen molar-refractivity contribution in [3.05, 3.63) is 29.8 Å². The molecule has 19 heavy (non-hydrogen) atoms. The number of amides is 1. The molecule has 104 valence electrons. The van der Waals surface area contributed by atoms with E-state index in [4.69, 9.17) is 5.11 Å². The Morgan fingerprint density at radius 1 is 1.26 bits per heavy atom. The van der Waals surface area contributed by atoms with E-state index in [1.54, 1.807) is 0 Å². The molecule has 0 atom stereocenters. The van der Waals surface area contributed by atoms with Gasteiger partial charge >= 0.3 is 0 Å². The smallest absolute Gasteiger partial charge is 0.256 e. The van der Waals surface area contributed by atoms with Gasteiger partial charge in [0.2, 0.25) is 0 Å². The van der Waals surface area contributed by atoms with Crippen molar-refractivity contribution >= 4 is 11.6 Å². The topological polar surface area (TPSA) is 55.8 Å². The van der Waals surface area contributed by atoms with Gasteiger partial charge in [0.1, 0.15) is 0 Å². The zero-order valence-electron chi connectivity index (χ0n) is 11.3. The van der Waals surface area contributed by atoms with Gasteiger partial charge in [-0.1, -0.05) is 12.1 Å². The lowest BCUT2D eigenvalue weighted by atomic mass is 10.1. The summed E-state index contributed by atoms with van der Waals surface area (Å²) in [7, 11) is 1.82. The summed E-state index contributed by atoms with van der Waals surface area (Å²) in [6.45, 7) is 3.96. The van der Waals surface area contributed by atoms with Crippen molar-refractivity contribution < 1.29 is 9.90 Å². The van der Waals surface area contributed by atoms with Crippen LogP contribution in [-0.4, -0.2) is 67.2 Å². The minimum atomic E-state index is 0.0774. The Bertz CT molecular complexity index is 428. The quantitative estimate of drug-likeness (QED) is 0.829. The van der Waals surface area contributed by atoms with E-state index < -0.39 is 0 Å². The third kappa shape index (κ3) is 3.24. The number of nitrogens with zero attached hydrogens (tertiary/aromatic N) is 2. The van der Waals surface area contributed by atoms with Gasteiger partial charge in [0.25, 0.3) is 5.91 Å². The molecule has 1 aromatic carbocycles. The predicted molar refractivity (Wildman–Crippen MR) is 75.4 cm³/mol. The van der Waals surface area contributed by atoms with Gasteiger partial charge in [0, 0.05) is 45.5 Å². The van der Waals surface area contributed by atoms with E-state index in [0.717, 1.165) is 37.4 Å². The average Bonchev–Trinajstić information content (AvgIpc) is 2.47. The zero-order valence-corrected chi connectivity index (χ0v) is 11.3. The highest BCUT2D eigenvalue weighted by molar-refractivity contribution is 5.99. The number of hydrogen-bond acceptors (Lipinski definition) is 4. The van der Waals surface area contributed by atoms with Crippen LogP contribution in [0.25, 0.3) is 0 Å². The maximum atomic E-state index is 12.5. The monoisotopic (exact) mass is 263 g/mol. The molecule has 1 heterocycles. The van der Waals surface area contributed by atoms with Crippen LogP contribution in [0.1, 0.15) is 10.4 Å². The fraction of sp³-hybridized carbons (Fsp3) is 0.500. The Labute approximate surface area is 113 Å². The van der Waals surface area contributed by atoms with Crippen LogP contribution < -0.4 is 5.32 Å². The fourth-order valence-electron chi connectivity index (χ4n) is 2.37. The van der Waals surface area contributed by atoms with Gasteiger partial charge < -0.3 is 15.3 Å². The number of carbonyl (C=O) groups is 1. The van der Waals surface area contributed by atoms with Gasteiger partial charge in [-0.15, -0.1) is 0 Å². The second-order valence-corrected chi connectivity index (χ2v) is 4.65. The van der Waals surface area contributed by atoms with Gasteiger partial charge in [0.05, 0.1) is 12.2 Å². The first-order valence-corrected chi connectivity index (χ1v) is 6.65. The molecule has 0 aliphatic carbocycles. The fourth-order valence-corrected chi connectivity index (χ4v) is 2.37. The lowest BCUT2D eigenvalue weighted by Gasteiger charge is -2.34. The summed E-state index contributed by atoms with van der Waals surface area (Å²) in [6.07, 6.45) is 0. The van der Waals surface area contributed by atoms with Crippen molar-refractivity contribution in [2.75, 3.05) is 51.7 Å². The number of β-amino-alcohol motifs (C(OH)–C–C–N with tert-alkyl or cyclic N) is 1. The third-order valence-corrected chi connectivity index (χ3v) is 3.50. The lowest BCUT2D eigenvalue weighted by Crippen LogP contribution is -2.49. The molecule has 5 heteroatoms. The number of benzene rings is 1. The molecule has 1 aromatic rings. The second-order valence-electron chi connectivity index (χ2n) is 4.65. The van der Waals surface area contributed by atoms with Crippen LogP contribution in [0.2, 0.25) is 0 Å². The average molecular weight is 263 g/mol. The molecule has 0 aromatic heterocycles. The largest absolute Gasteiger partial charge is 0.395 e. The van der Waals surface area contributed by atoms with E-state index in [-0.39, 0.29) is 12.5 Å². The number of anilines is 1. The molecular weight excluding hydrogens is 242 g/mol. The van der Waals surface area contributed by atoms with Crippen LogP contribution in [0.5, 0.6) is 0 Å². The highest BCUT2D eigenvalue weighted by Crippen LogP contribution is 2.17. The Kier molecular flexibility index (Phi) is 4.76. The molecule has 0 saturated carbocycles. The molecular formula is C14H21N3O2. The van der Waals surface area contributed by atoms with Gasteiger partial charge in [-0.05, 0) is 12.1 Å². The summed E-state index contributed by atoms with van der Waals surface area (Å²) in [5.74, 6) is 0.0774. The zero-order chi connectivity index (χ0) is 13.7. The van der Waals surface area contributed by atoms with E-state index in [1.807, 2.05) is 36.2 Å². The number of para-hydroxylation sites is 1. The molecule has 0 radical (unpaired) electrons. The van der Waals surface area contributed by atoms with Gasteiger partial charge in [-0.3, -0.25) is 9.69 Å². The van der Waals surface area contributed by atoms with Crippen LogP contribution >= 0.6 is 0 Å². The van der Waals surface area contributed by atoms with Crippen LogP contribution in [-0.2, 0) is 0 Å². The molecule has 1 aliphatic rings. The molecule has 2 N–H and O–H groups in total. The normalized spacial score (nSPS) is 16.4. The summed E-state index contributed by atoms with van der Waals surface area (Å²) in [5, 5.41) is 12.0. The minimum Gasteiger partial charge on any atom is -0.395 e. The summed E-state index contributed by atoms with van der Waals surface area (Å²) in [4.78, 5) is 16.5. The molecule has 1 fully saturated rings. The molecule has 1 aliphatic heterocycles. The maximum absolute atomic E-state index is 12.5. The molecule has 1 saturated heterocycles. The molecule has 0 bridgehead atoms. The van der Waals surface area contributed by atoms with Crippen LogP contribution in [0.15, 0.2) is 24.3 Å². The Morgan fingerprint density at radius 3 is 2.58 bits per heavy atom. The molecule has 5 nitrogen and oxygen atoms in total. The standard InChI is InChI=1S/C14H21N3O2/c1-15-13-5-3-2-4-12(13)14(19)17-8-6-16(7-9-17)10-11-18/h2-5,15,18H,6-11H2,1H3. The van der Waals surface area contributed by atoms with E-state index in [9.17, 15) is 4.79 Å². The van der Waals surface area contributed by atoms with Crippen LogP contribution in [0.4, 0.5) is 5.69 Å². The SMILES string of the molecule is CNc1ccccc1C(=O)N1CCN(CCO)CC1.